The molecule has 2 saturated heterocycles. The summed E-state index contributed by atoms with van der Waals surface area (Å²) in [4.78, 5) is 35.6. The highest BCUT2D eigenvalue weighted by atomic mass is 19.4. The number of halogens is 6. The molecule has 0 aromatic carbocycles. The fourth-order valence-corrected chi connectivity index (χ4v) is 4.82. The number of anilines is 2. The third kappa shape index (κ3) is 6.00. The predicted octanol–water partition coefficient (Wildman–Crippen LogP) is 2.68. The summed E-state index contributed by atoms with van der Waals surface area (Å²) in [6.45, 7) is 2.54. The molecule has 38 heavy (non-hydrogen) atoms. The third-order valence-corrected chi connectivity index (χ3v) is 6.49. The van der Waals surface area contributed by atoms with Crippen LogP contribution in [0.15, 0.2) is 23.4 Å². The van der Waals surface area contributed by atoms with Crippen molar-refractivity contribution >= 4 is 17.5 Å². The largest absolute Gasteiger partial charge is 0.423 e. The van der Waals surface area contributed by atoms with E-state index in [0.29, 0.717) is 25.9 Å². The van der Waals surface area contributed by atoms with E-state index in [2.05, 4.69) is 20.4 Å². The first kappa shape index (κ1) is 27.6. The molecule has 0 aliphatic carbocycles. The van der Waals surface area contributed by atoms with Crippen molar-refractivity contribution in [3.8, 4) is 0 Å². The molecule has 4 rings (SSSR count). The lowest BCUT2D eigenvalue weighted by Gasteiger charge is -2.26. The molecule has 1 amide bonds. The van der Waals surface area contributed by atoms with Crippen molar-refractivity contribution in [2.75, 3.05) is 36.5 Å². The van der Waals surface area contributed by atoms with Crippen molar-refractivity contribution in [2.24, 2.45) is 0 Å². The lowest BCUT2D eigenvalue weighted by molar-refractivity contribution is -0.139. The summed E-state index contributed by atoms with van der Waals surface area (Å²) in [5, 5.41) is 7.71. The maximum atomic E-state index is 13.2. The molecule has 2 fully saturated rings. The summed E-state index contributed by atoms with van der Waals surface area (Å²) < 4.78 is 83.3. The molecule has 0 bridgehead atoms. The molecule has 2 aromatic heterocycles. The van der Waals surface area contributed by atoms with Crippen LogP contribution in [0.25, 0.3) is 0 Å². The number of nitrogens with zero attached hydrogens (tertiary/aromatic N) is 5. The minimum Gasteiger partial charge on any atom is -0.379 e. The summed E-state index contributed by atoms with van der Waals surface area (Å²) in [7, 11) is 0. The van der Waals surface area contributed by atoms with Gasteiger partial charge in [-0.2, -0.15) is 31.4 Å². The highest BCUT2D eigenvalue weighted by Gasteiger charge is 2.45. The van der Waals surface area contributed by atoms with Gasteiger partial charge < -0.3 is 19.9 Å². The molecule has 2 aliphatic heterocycles. The molecule has 2 aromatic rings. The van der Waals surface area contributed by atoms with Crippen LogP contribution in [0.5, 0.6) is 0 Å². The van der Waals surface area contributed by atoms with Crippen molar-refractivity contribution < 1.29 is 35.9 Å². The molecule has 0 radical (unpaired) electrons. The number of carbonyl (C=O) groups excluding carboxylic acids is 1. The van der Waals surface area contributed by atoms with Gasteiger partial charge in [-0.25, -0.2) is 15.1 Å². The number of H-pyrrole nitrogens is 1. The molecule has 10 nitrogen and oxygen atoms in total. The molecule has 3 atom stereocenters. The second-order valence-corrected chi connectivity index (χ2v) is 9.12. The van der Waals surface area contributed by atoms with Gasteiger partial charge in [0.15, 0.2) is 0 Å². The average Bonchev–Trinajstić information content (AvgIpc) is 3.43. The third-order valence-electron chi connectivity index (χ3n) is 6.49. The summed E-state index contributed by atoms with van der Waals surface area (Å²) in [5.41, 5.74) is -4.15. The van der Waals surface area contributed by atoms with Gasteiger partial charge in [0, 0.05) is 31.5 Å². The number of carbonyl (C=O) groups is 1. The molecule has 0 spiro atoms. The molecule has 2 N–H and O–H groups in total. The fourth-order valence-electron chi connectivity index (χ4n) is 4.82. The zero-order chi connectivity index (χ0) is 27.7. The monoisotopic (exact) mass is 549 g/mol. The zero-order valence-corrected chi connectivity index (χ0v) is 20.1. The number of alkyl halides is 6. The van der Waals surface area contributed by atoms with E-state index in [4.69, 9.17) is 4.74 Å². The summed E-state index contributed by atoms with van der Waals surface area (Å²) in [6, 6.07) is -0.845. The first-order valence-electron chi connectivity index (χ1n) is 11.8. The Balaban J connectivity index is 1.25. The number of fused-ring (bicyclic) bond motifs is 1. The Morgan fingerprint density at radius 1 is 1.11 bits per heavy atom. The molecular formula is C22H25F6N7O3. The number of rotatable bonds is 8. The van der Waals surface area contributed by atoms with E-state index in [9.17, 15) is 35.9 Å². The van der Waals surface area contributed by atoms with Crippen LogP contribution in [0.1, 0.15) is 37.3 Å². The van der Waals surface area contributed by atoms with E-state index in [0.717, 1.165) is 18.6 Å². The number of aromatic amines is 1. The maximum Gasteiger partial charge on any atom is 0.423 e. The van der Waals surface area contributed by atoms with Crippen molar-refractivity contribution in [3.63, 3.8) is 0 Å². The first-order valence-corrected chi connectivity index (χ1v) is 11.8. The van der Waals surface area contributed by atoms with Gasteiger partial charge in [-0.15, -0.1) is 0 Å². The lowest BCUT2D eigenvalue weighted by Crippen LogP contribution is -2.40. The van der Waals surface area contributed by atoms with Gasteiger partial charge in [0.25, 0.3) is 5.56 Å². The van der Waals surface area contributed by atoms with Crippen LogP contribution in [0.3, 0.4) is 0 Å². The Bertz CT molecular complexity index is 1190. The second-order valence-electron chi connectivity index (χ2n) is 9.12. The number of nitrogens with one attached hydrogen (secondary N) is 2. The highest BCUT2D eigenvalue weighted by molar-refractivity contribution is 5.77. The minimum absolute atomic E-state index is 0.0253. The van der Waals surface area contributed by atoms with Crippen LogP contribution in [0.2, 0.25) is 0 Å². The van der Waals surface area contributed by atoms with Crippen molar-refractivity contribution in [3.05, 3.63) is 40.1 Å². The van der Waals surface area contributed by atoms with E-state index in [1.807, 2.05) is 4.90 Å². The molecule has 2 aliphatic rings. The van der Waals surface area contributed by atoms with Gasteiger partial charge in [-0.3, -0.25) is 9.59 Å². The van der Waals surface area contributed by atoms with Crippen LogP contribution >= 0.6 is 0 Å². The van der Waals surface area contributed by atoms with E-state index in [-0.39, 0.29) is 43.6 Å². The molecule has 0 unspecified atom stereocenters. The normalized spacial score (nSPS) is 20.5. The Morgan fingerprint density at radius 3 is 2.45 bits per heavy atom. The average molecular weight is 549 g/mol. The molecule has 0 saturated carbocycles. The van der Waals surface area contributed by atoms with Gasteiger partial charge in [0.2, 0.25) is 11.9 Å². The topological polar surface area (TPSA) is 116 Å². The zero-order valence-electron chi connectivity index (χ0n) is 20.1. The van der Waals surface area contributed by atoms with Gasteiger partial charge >= 0.3 is 12.4 Å². The Morgan fingerprint density at radius 2 is 1.79 bits per heavy atom. The molecule has 4 heterocycles. The molecular weight excluding hydrogens is 524 g/mol. The lowest BCUT2D eigenvalue weighted by atomic mass is 10.1. The quantitative estimate of drug-likeness (QED) is 0.382. The van der Waals surface area contributed by atoms with Crippen LogP contribution in [0, 0.1) is 0 Å². The summed E-state index contributed by atoms with van der Waals surface area (Å²) in [5.74, 6) is 0.0281. The number of hydrogen-bond acceptors (Lipinski definition) is 8. The number of likely N-dealkylation sites (tertiary alicyclic amines) is 1. The van der Waals surface area contributed by atoms with E-state index >= 15 is 0 Å². The van der Waals surface area contributed by atoms with Gasteiger partial charge in [0.05, 0.1) is 49.2 Å². The van der Waals surface area contributed by atoms with Gasteiger partial charge in [-0.1, -0.05) is 0 Å². The second kappa shape index (κ2) is 10.7. The molecule has 208 valence electrons. The van der Waals surface area contributed by atoms with Crippen LogP contribution in [0.4, 0.5) is 38.0 Å². The van der Waals surface area contributed by atoms with Crippen LogP contribution < -0.4 is 15.8 Å². The van der Waals surface area contributed by atoms with E-state index in [1.165, 1.54) is 0 Å². The highest BCUT2D eigenvalue weighted by Crippen LogP contribution is 2.35. The smallest absolute Gasteiger partial charge is 0.379 e. The van der Waals surface area contributed by atoms with Crippen molar-refractivity contribution in [1.29, 1.82) is 0 Å². The number of hydrogen-bond donors (Lipinski definition) is 2. The first-order chi connectivity index (χ1) is 17.9. The number of aromatic nitrogens is 4. The predicted molar refractivity (Wildman–Crippen MR) is 121 cm³/mol. The Labute approximate surface area is 212 Å². The number of amides is 1. The minimum atomic E-state index is -4.87. The Hall–Kier alpha value is -3.43. The molecule has 16 heteroatoms. The standard InChI is InChI=1S/C22H25F6N7O3/c1-12(32-14-10-31-33-19(37)18(14)22(26,27)28)11-38-7-4-17(36)34-5-2-16-15(34)3-6-35(16)20-29-8-13(9-30-20)21(23,24)25/h8-10,12,15-16H,2-7,11H2,1H3,(H2,32,33,37)/t12-,15-,16-/m0/s1. The Kier molecular flexibility index (Phi) is 7.80. The fraction of sp³-hybridized carbons (Fsp3) is 0.591. The maximum absolute atomic E-state index is 13.2. The summed E-state index contributed by atoms with van der Waals surface area (Å²) >= 11 is 0. The van der Waals surface area contributed by atoms with Crippen molar-refractivity contribution in [2.45, 2.75) is 56.7 Å². The van der Waals surface area contributed by atoms with E-state index < -0.39 is 40.8 Å². The summed E-state index contributed by atoms with van der Waals surface area (Å²) in [6.07, 6.45) is -5.74. The number of ether oxygens (including phenoxy) is 1. The van der Waals surface area contributed by atoms with Crippen LogP contribution in [-0.4, -0.2) is 75.4 Å². The van der Waals surface area contributed by atoms with Crippen LogP contribution in [-0.2, 0) is 21.9 Å². The van der Waals surface area contributed by atoms with E-state index in [1.54, 1.807) is 16.9 Å². The SMILES string of the molecule is C[C@@H](COCCC(=O)N1CC[C@H]2[C@@H]1CCN2c1ncc(C(F)(F)F)cn1)Nc1cn[nH]c(=O)c1C(F)(F)F. The van der Waals surface area contributed by atoms with Crippen molar-refractivity contribution in [1.82, 2.24) is 25.1 Å². The van der Waals surface area contributed by atoms with Gasteiger partial charge in [0.1, 0.15) is 5.56 Å². The van der Waals surface area contributed by atoms with Gasteiger partial charge in [-0.05, 0) is 19.8 Å².